The molecule has 2 aliphatic rings. The fourth-order valence-corrected chi connectivity index (χ4v) is 5.81. The standard InChI is InChI=1S/C30H28N4O3/c1-32-18-22(24-10-5-6-11-27(24)32)15-25(31-29(36)21-8-3-2-4-9-21)30(37)33-16-20-14-23(19-33)26-12-7-13-28(35)34(26)17-20/h2-13,15,18,20,23H,14,16-17,19H2,1H3,(H,31,36)/b25-15-/t20-,23+/m1/s1. The first-order valence-corrected chi connectivity index (χ1v) is 12.6. The average molecular weight is 493 g/mol. The topological polar surface area (TPSA) is 76.3 Å². The zero-order valence-corrected chi connectivity index (χ0v) is 20.6. The molecule has 0 radical (unpaired) electrons. The van der Waals surface area contributed by atoms with Gasteiger partial charge < -0.3 is 19.4 Å². The van der Waals surface area contributed by atoms with Crippen molar-refractivity contribution in [3.05, 3.63) is 112 Å². The van der Waals surface area contributed by atoms with Crippen molar-refractivity contribution in [1.82, 2.24) is 19.4 Å². The van der Waals surface area contributed by atoms with Crippen LogP contribution in [0.4, 0.5) is 0 Å². The molecule has 1 N–H and O–H groups in total. The van der Waals surface area contributed by atoms with Crippen LogP contribution in [0.25, 0.3) is 17.0 Å². The van der Waals surface area contributed by atoms with E-state index in [0.29, 0.717) is 25.2 Å². The van der Waals surface area contributed by atoms with Crippen LogP contribution in [0.5, 0.6) is 0 Å². The summed E-state index contributed by atoms with van der Waals surface area (Å²) in [6, 6.07) is 22.3. The van der Waals surface area contributed by atoms with Crippen LogP contribution in [0.1, 0.15) is 34.0 Å². The van der Waals surface area contributed by atoms with E-state index in [1.165, 1.54) is 0 Å². The van der Waals surface area contributed by atoms with Crippen LogP contribution in [0.3, 0.4) is 0 Å². The summed E-state index contributed by atoms with van der Waals surface area (Å²) in [6.45, 7) is 1.66. The van der Waals surface area contributed by atoms with E-state index in [1.54, 1.807) is 42.5 Å². The lowest BCUT2D eigenvalue weighted by Gasteiger charge is -2.43. The number of likely N-dealkylation sites (tertiary alicyclic amines) is 1. The van der Waals surface area contributed by atoms with Crippen molar-refractivity contribution in [2.45, 2.75) is 18.9 Å². The van der Waals surface area contributed by atoms with Crippen LogP contribution in [-0.4, -0.2) is 38.9 Å². The molecule has 7 heteroatoms. The molecule has 2 aromatic heterocycles. The number of carbonyl (C=O) groups is 2. The molecular formula is C30H28N4O3. The maximum Gasteiger partial charge on any atom is 0.270 e. The summed E-state index contributed by atoms with van der Waals surface area (Å²) in [6.07, 6.45) is 4.71. The summed E-state index contributed by atoms with van der Waals surface area (Å²) in [5.74, 6) is -0.249. The van der Waals surface area contributed by atoms with Crippen LogP contribution < -0.4 is 10.9 Å². The fraction of sp³-hybridized carbons (Fsp3) is 0.233. The number of carbonyl (C=O) groups excluding carboxylic acids is 2. The van der Waals surface area contributed by atoms with Crippen molar-refractivity contribution in [1.29, 1.82) is 0 Å². The highest BCUT2D eigenvalue weighted by molar-refractivity contribution is 6.06. The van der Waals surface area contributed by atoms with E-state index in [0.717, 1.165) is 28.6 Å². The zero-order chi connectivity index (χ0) is 25.5. The van der Waals surface area contributed by atoms with E-state index in [-0.39, 0.29) is 34.9 Å². The number of rotatable bonds is 4. The Morgan fingerprint density at radius 3 is 2.54 bits per heavy atom. The summed E-state index contributed by atoms with van der Waals surface area (Å²) >= 11 is 0. The minimum absolute atomic E-state index is 0.0126. The lowest BCUT2D eigenvalue weighted by Crippen LogP contribution is -2.50. The molecule has 2 amide bonds. The largest absolute Gasteiger partial charge is 0.350 e. The average Bonchev–Trinajstić information content (AvgIpc) is 3.24. The van der Waals surface area contributed by atoms with Gasteiger partial charge in [0.1, 0.15) is 5.70 Å². The Hall–Kier alpha value is -4.39. The number of fused-ring (bicyclic) bond motifs is 5. The highest BCUT2D eigenvalue weighted by atomic mass is 16.2. The summed E-state index contributed by atoms with van der Waals surface area (Å²) in [5, 5.41) is 3.92. The molecule has 4 aromatic rings. The van der Waals surface area contributed by atoms with Gasteiger partial charge in [-0.15, -0.1) is 0 Å². The van der Waals surface area contributed by atoms with Gasteiger partial charge in [0.2, 0.25) is 0 Å². The Bertz CT molecular complexity index is 1600. The van der Waals surface area contributed by atoms with Crippen molar-refractivity contribution in [2.75, 3.05) is 13.1 Å². The first-order chi connectivity index (χ1) is 18.0. The van der Waals surface area contributed by atoms with E-state index in [4.69, 9.17) is 0 Å². The van der Waals surface area contributed by atoms with Gasteiger partial charge in [0.15, 0.2) is 0 Å². The zero-order valence-electron chi connectivity index (χ0n) is 20.6. The second-order valence-corrected chi connectivity index (χ2v) is 10.00. The summed E-state index contributed by atoms with van der Waals surface area (Å²) in [4.78, 5) is 41.4. The summed E-state index contributed by atoms with van der Waals surface area (Å²) in [5.41, 5.74) is 3.64. The van der Waals surface area contributed by atoms with Crippen molar-refractivity contribution < 1.29 is 9.59 Å². The fourth-order valence-electron chi connectivity index (χ4n) is 5.81. The predicted octanol–water partition coefficient (Wildman–Crippen LogP) is 3.76. The number of aromatic nitrogens is 2. The Labute approximate surface area is 214 Å². The highest BCUT2D eigenvalue weighted by Gasteiger charge is 2.37. The van der Waals surface area contributed by atoms with E-state index in [9.17, 15) is 14.4 Å². The normalized spacial score (nSPS) is 18.9. The molecule has 2 aromatic carbocycles. The maximum absolute atomic E-state index is 14.0. The number of hydrogen-bond donors (Lipinski definition) is 1. The summed E-state index contributed by atoms with van der Waals surface area (Å²) in [7, 11) is 1.97. The maximum atomic E-state index is 14.0. The second-order valence-electron chi connectivity index (χ2n) is 10.00. The molecule has 7 nitrogen and oxygen atoms in total. The van der Waals surface area contributed by atoms with Crippen molar-refractivity contribution in [2.24, 2.45) is 13.0 Å². The Morgan fingerprint density at radius 1 is 0.919 bits per heavy atom. The molecular weight excluding hydrogens is 464 g/mol. The third-order valence-corrected chi connectivity index (χ3v) is 7.51. The van der Waals surface area contributed by atoms with Gasteiger partial charge in [0, 0.05) is 72.6 Å². The molecule has 0 aliphatic carbocycles. The molecule has 1 saturated heterocycles. The molecule has 6 rings (SSSR count). The monoisotopic (exact) mass is 492 g/mol. The van der Waals surface area contributed by atoms with Crippen LogP contribution in [0.2, 0.25) is 0 Å². The van der Waals surface area contributed by atoms with Crippen LogP contribution >= 0.6 is 0 Å². The molecule has 2 bridgehead atoms. The number of aryl methyl sites for hydroxylation is 1. The van der Waals surface area contributed by atoms with E-state index >= 15 is 0 Å². The van der Waals surface area contributed by atoms with Gasteiger partial charge in [-0.1, -0.05) is 42.5 Å². The number of piperidine rings is 1. The highest BCUT2D eigenvalue weighted by Crippen LogP contribution is 2.35. The molecule has 0 spiro atoms. The number of hydrogen-bond acceptors (Lipinski definition) is 3. The second kappa shape index (κ2) is 9.24. The van der Waals surface area contributed by atoms with Crippen LogP contribution in [0, 0.1) is 5.92 Å². The SMILES string of the molecule is Cn1cc(/C=C(\NC(=O)c2ccccc2)C(=O)N2C[C@H]3C[C@@H](C2)c2cccc(=O)n2C3)c2ccccc21. The van der Waals surface area contributed by atoms with E-state index < -0.39 is 0 Å². The molecule has 4 heterocycles. The molecule has 0 saturated carbocycles. The third kappa shape index (κ3) is 4.27. The minimum atomic E-state index is -0.325. The first kappa shape index (κ1) is 23.0. The molecule has 2 atom stereocenters. The van der Waals surface area contributed by atoms with Gasteiger partial charge in [-0.3, -0.25) is 14.4 Å². The van der Waals surface area contributed by atoms with Gasteiger partial charge in [0.05, 0.1) is 0 Å². The number of pyridine rings is 1. The van der Waals surface area contributed by atoms with Gasteiger partial charge in [-0.25, -0.2) is 0 Å². The molecule has 1 fully saturated rings. The number of amides is 2. The molecule has 0 unspecified atom stereocenters. The first-order valence-electron chi connectivity index (χ1n) is 12.6. The third-order valence-electron chi connectivity index (χ3n) is 7.51. The van der Waals surface area contributed by atoms with Crippen molar-refractivity contribution >= 4 is 28.8 Å². The number of para-hydroxylation sites is 1. The number of benzene rings is 2. The minimum Gasteiger partial charge on any atom is -0.350 e. The lowest BCUT2D eigenvalue weighted by molar-refractivity contribution is -0.130. The van der Waals surface area contributed by atoms with Crippen molar-refractivity contribution in [3.63, 3.8) is 0 Å². The van der Waals surface area contributed by atoms with Gasteiger partial charge in [-0.05, 0) is 42.7 Å². The summed E-state index contributed by atoms with van der Waals surface area (Å²) < 4.78 is 3.87. The van der Waals surface area contributed by atoms with E-state index in [2.05, 4.69) is 5.32 Å². The Kier molecular flexibility index (Phi) is 5.75. The Morgan fingerprint density at radius 2 is 1.70 bits per heavy atom. The van der Waals surface area contributed by atoms with Gasteiger partial charge in [-0.2, -0.15) is 0 Å². The predicted molar refractivity (Wildman–Crippen MR) is 143 cm³/mol. The smallest absolute Gasteiger partial charge is 0.270 e. The quantitative estimate of drug-likeness (QED) is 0.441. The van der Waals surface area contributed by atoms with E-state index in [1.807, 2.05) is 63.7 Å². The number of nitrogens with zero attached hydrogens (tertiary/aromatic N) is 3. The molecule has 186 valence electrons. The van der Waals surface area contributed by atoms with Crippen LogP contribution in [-0.2, 0) is 18.4 Å². The molecule has 37 heavy (non-hydrogen) atoms. The van der Waals surface area contributed by atoms with Crippen LogP contribution in [0.15, 0.2) is 89.5 Å². The molecule has 2 aliphatic heterocycles. The van der Waals surface area contributed by atoms with Gasteiger partial charge >= 0.3 is 0 Å². The van der Waals surface area contributed by atoms with Gasteiger partial charge in [0.25, 0.3) is 17.4 Å². The Balaban J connectivity index is 1.36. The number of nitrogens with one attached hydrogen (secondary N) is 1. The lowest BCUT2D eigenvalue weighted by atomic mass is 9.83. The van der Waals surface area contributed by atoms with Crippen molar-refractivity contribution in [3.8, 4) is 0 Å².